The fraction of sp³-hybridized carbons (Fsp3) is 0.231. The van der Waals surface area contributed by atoms with Crippen LogP contribution in [0.3, 0.4) is 0 Å². The Kier molecular flexibility index (Phi) is 3.82. The Morgan fingerprint density at radius 2 is 1.67 bits per heavy atom. The first-order valence-electron chi connectivity index (χ1n) is 4.98. The largest absolute Gasteiger partial charge is 0.264 e. The highest BCUT2D eigenvalue weighted by Crippen LogP contribution is 2.18. The van der Waals surface area contributed by atoms with Crippen molar-refractivity contribution >= 4 is 10.8 Å². The van der Waals surface area contributed by atoms with Crippen LogP contribution in [0, 0.1) is 19.3 Å². The van der Waals surface area contributed by atoms with Gasteiger partial charge in [-0.15, -0.1) is 6.42 Å². The highest BCUT2D eigenvalue weighted by Gasteiger charge is 2.01. The molecule has 0 spiro atoms. The second-order valence-electron chi connectivity index (χ2n) is 2.89. The topological polar surface area (TPSA) is 25.8 Å². The molecule has 0 amide bonds. The molecule has 0 aliphatic carbocycles. The number of fused-ring (bicyclic) bond motifs is 1. The summed E-state index contributed by atoms with van der Waals surface area (Å²) in [6.07, 6.45) is 12.4. The predicted molar refractivity (Wildman–Crippen MR) is 63.6 cm³/mol. The number of terminal acetylenes is 1. The first-order chi connectivity index (χ1) is 7.33. The molecule has 0 fully saturated rings. The van der Waals surface area contributed by atoms with E-state index in [2.05, 4.69) is 15.9 Å². The summed E-state index contributed by atoms with van der Waals surface area (Å²) in [6, 6.07) is 0. The molecule has 0 unspecified atom stereocenters. The Morgan fingerprint density at radius 1 is 1.07 bits per heavy atom. The van der Waals surface area contributed by atoms with E-state index in [1.807, 2.05) is 27.0 Å². The van der Waals surface area contributed by atoms with E-state index >= 15 is 0 Å². The lowest BCUT2D eigenvalue weighted by Crippen LogP contribution is -1.87. The van der Waals surface area contributed by atoms with Gasteiger partial charge in [0.25, 0.3) is 0 Å². The van der Waals surface area contributed by atoms with Crippen LogP contribution in [0.1, 0.15) is 25.0 Å². The van der Waals surface area contributed by atoms with Crippen LogP contribution in [0.25, 0.3) is 10.8 Å². The molecule has 0 saturated heterocycles. The SMILES string of the molecule is C#Cc1cncc2cncc(C)c12.CC. The summed E-state index contributed by atoms with van der Waals surface area (Å²) in [4.78, 5) is 8.12. The standard InChI is InChI=1S/C11H8N2.C2H6/c1-3-9-5-13-7-10-6-12-4-8(2)11(9)10;1-2/h1,4-7H,2H3;1-2H3. The summed E-state index contributed by atoms with van der Waals surface area (Å²) >= 11 is 0. The lowest BCUT2D eigenvalue weighted by atomic mass is 10.1. The Morgan fingerprint density at radius 3 is 2.27 bits per heavy atom. The Bertz CT molecular complexity index is 490. The maximum atomic E-state index is 5.37. The average Bonchev–Trinajstić information content (AvgIpc) is 2.31. The van der Waals surface area contributed by atoms with Crippen LogP contribution in [-0.4, -0.2) is 9.97 Å². The molecule has 15 heavy (non-hydrogen) atoms. The van der Waals surface area contributed by atoms with Gasteiger partial charge in [0.2, 0.25) is 0 Å². The van der Waals surface area contributed by atoms with Gasteiger partial charge in [-0.25, -0.2) is 0 Å². The van der Waals surface area contributed by atoms with Crippen LogP contribution in [-0.2, 0) is 0 Å². The third kappa shape index (κ3) is 2.13. The number of aromatic nitrogens is 2. The first kappa shape index (κ1) is 11.2. The molecule has 2 aromatic rings. The summed E-state index contributed by atoms with van der Waals surface area (Å²) in [5, 5.41) is 2.07. The van der Waals surface area contributed by atoms with Gasteiger partial charge in [-0.1, -0.05) is 19.8 Å². The smallest absolute Gasteiger partial charge is 0.0508 e. The van der Waals surface area contributed by atoms with Gasteiger partial charge in [-0.05, 0) is 12.5 Å². The van der Waals surface area contributed by atoms with E-state index in [4.69, 9.17) is 6.42 Å². The summed E-state index contributed by atoms with van der Waals surface area (Å²) in [5.74, 6) is 2.62. The van der Waals surface area contributed by atoms with Gasteiger partial charge in [-0.2, -0.15) is 0 Å². The Balaban J connectivity index is 0.000000531. The zero-order valence-corrected chi connectivity index (χ0v) is 9.28. The van der Waals surface area contributed by atoms with E-state index in [1.54, 1.807) is 18.6 Å². The number of rotatable bonds is 0. The monoisotopic (exact) mass is 198 g/mol. The third-order valence-corrected chi connectivity index (χ3v) is 2.01. The zero-order chi connectivity index (χ0) is 11.3. The van der Waals surface area contributed by atoms with Crippen LogP contribution in [0.15, 0.2) is 24.8 Å². The fourth-order valence-electron chi connectivity index (χ4n) is 1.42. The van der Waals surface area contributed by atoms with Crippen molar-refractivity contribution in [2.45, 2.75) is 20.8 Å². The Hall–Kier alpha value is -1.88. The van der Waals surface area contributed by atoms with Gasteiger partial charge in [0.1, 0.15) is 0 Å². The summed E-state index contributed by atoms with van der Waals surface area (Å²) in [6.45, 7) is 6.00. The maximum absolute atomic E-state index is 5.37. The molecule has 0 aliphatic rings. The molecule has 2 nitrogen and oxygen atoms in total. The minimum atomic E-state index is 0.831. The molecular weight excluding hydrogens is 184 g/mol. The maximum Gasteiger partial charge on any atom is 0.0508 e. The zero-order valence-electron chi connectivity index (χ0n) is 9.28. The predicted octanol–water partition coefficient (Wildman–Crippen LogP) is 2.95. The molecule has 0 N–H and O–H groups in total. The van der Waals surface area contributed by atoms with Gasteiger partial charge in [0.15, 0.2) is 0 Å². The van der Waals surface area contributed by atoms with Crippen molar-refractivity contribution < 1.29 is 0 Å². The fourth-order valence-corrected chi connectivity index (χ4v) is 1.42. The second-order valence-corrected chi connectivity index (χ2v) is 2.89. The van der Waals surface area contributed by atoms with E-state index in [0.717, 1.165) is 21.9 Å². The highest BCUT2D eigenvalue weighted by atomic mass is 14.7. The molecule has 0 saturated carbocycles. The quantitative estimate of drug-likeness (QED) is 0.608. The molecule has 0 atom stereocenters. The van der Waals surface area contributed by atoms with E-state index < -0.39 is 0 Å². The van der Waals surface area contributed by atoms with Gasteiger partial charge >= 0.3 is 0 Å². The van der Waals surface area contributed by atoms with Gasteiger partial charge in [0, 0.05) is 35.6 Å². The van der Waals surface area contributed by atoms with Crippen molar-refractivity contribution in [3.63, 3.8) is 0 Å². The van der Waals surface area contributed by atoms with E-state index in [0.29, 0.717) is 0 Å². The molecule has 0 aromatic carbocycles. The van der Waals surface area contributed by atoms with Crippen LogP contribution >= 0.6 is 0 Å². The molecule has 0 bridgehead atoms. The van der Waals surface area contributed by atoms with Gasteiger partial charge < -0.3 is 0 Å². The van der Waals surface area contributed by atoms with Crippen LogP contribution in [0.4, 0.5) is 0 Å². The van der Waals surface area contributed by atoms with Crippen LogP contribution < -0.4 is 0 Å². The van der Waals surface area contributed by atoms with Crippen molar-refractivity contribution in [3.8, 4) is 12.3 Å². The summed E-state index contributed by atoms with van der Waals surface area (Å²) in [7, 11) is 0. The molecule has 0 aliphatic heterocycles. The highest BCUT2D eigenvalue weighted by molar-refractivity contribution is 5.89. The number of pyridine rings is 2. The van der Waals surface area contributed by atoms with Crippen LogP contribution in [0.5, 0.6) is 0 Å². The summed E-state index contributed by atoms with van der Waals surface area (Å²) in [5.41, 5.74) is 1.92. The normalized spacial score (nSPS) is 8.93. The minimum absolute atomic E-state index is 0.831. The molecule has 2 aromatic heterocycles. The van der Waals surface area contributed by atoms with Crippen molar-refractivity contribution in [2.75, 3.05) is 0 Å². The lowest BCUT2D eigenvalue weighted by Gasteiger charge is -2.02. The average molecular weight is 198 g/mol. The van der Waals surface area contributed by atoms with E-state index in [9.17, 15) is 0 Å². The number of aryl methyl sites for hydroxylation is 1. The molecule has 0 radical (unpaired) electrons. The van der Waals surface area contributed by atoms with Gasteiger partial charge in [-0.3, -0.25) is 9.97 Å². The summed E-state index contributed by atoms with van der Waals surface area (Å²) < 4.78 is 0. The van der Waals surface area contributed by atoms with Crippen molar-refractivity contribution in [1.82, 2.24) is 9.97 Å². The van der Waals surface area contributed by atoms with Gasteiger partial charge in [0.05, 0.1) is 5.56 Å². The third-order valence-electron chi connectivity index (χ3n) is 2.01. The molecule has 2 heterocycles. The molecule has 2 heteroatoms. The van der Waals surface area contributed by atoms with E-state index in [1.165, 1.54) is 0 Å². The first-order valence-corrected chi connectivity index (χ1v) is 4.98. The Labute approximate surface area is 90.4 Å². The van der Waals surface area contributed by atoms with E-state index in [-0.39, 0.29) is 0 Å². The lowest BCUT2D eigenvalue weighted by molar-refractivity contribution is 1.27. The van der Waals surface area contributed by atoms with Crippen molar-refractivity contribution in [3.05, 3.63) is 35.9 Å². The number of hydrogen-bond acceptors (Lipinski definition) is 2. The van der Waals surface area contributed by atoms with Crippen LogP contribution in [0.2, 0.25) is 0 Å². The number of hydrogen-bond donors (Lipinski definition) is 0. The van der Waals surface area contributed by atoms with Crippen molar-refractivity contribution in [1.29, 1.82) is 0 Å². The second kappa shape index (κ2) is 5.11. The molecular formula is C13H14N2. The van der Waals surface area contributed by atoms with Crippen molar-refractivity contribution in [2.24, 2.45) is 0 Å². The number of nitrogens with zero attached hydrogens (tertiary/aromatic N) is 2. The molecule has 76 valence electrons. The minimum Gasteiger partial charge on any atom is -0.264 e. The molecule has 2 rings (SSSR count).